The Morgan fingerprint density at radius 3 is 2.42 bits per heavy atom. The van der Waals surface area contributed by atoms with Crippen LogP contribution in [0.25, 0.3) is 11.0 Å². The molecular formula is C32H37NO7. The van der Waals surface area contributed by atoms with Crippen LogP contribution < -0.4 is 20.4 Å². The largest absolute Gasteiger partial charge is 0.489 e. The molecule has 0 radical (unpaired) electrons. The molecule has 1 saturated carbocycles. The molecule has 3 aliphatic rings. The van der Waals surface area contributed by atoms with Crippen molar-refractivity contribution >= 4 is 16.7 Å². The highest BCUT2D eigenvalue weighted by atomic mass is 16.5. The van der Waals surface area contributed by atoms with Crippen molar-refractivity contribution in [3.05, 3.63) is 74.7 Å². The van der Waals surface area contributed by atoms with Gasteiger partial charge in [0.15, 0.2) is 0 Å². The maximum Gasteiger partial charge on any atom is 0.200 e. The third-order valence-electron chi connectivity index (χ3n) is 8.51. The van der Waals surface area contributed by atoms with E-state index in [2.05, 4.69) is 5.48 Å². The van der Waals surface area contributed by atoms with Crippen molar-refractivity contribution in [3.8, 4) is 11.5 Å². The lowest BCUT2D eigenvalue weighted by Gasteiger charge is -2.26. The van der Waals surface area contributed by atoms with Crippen LogP contribution in [0.4, 0.5) is 5.69 Å². The molecule has 1 fully saturated rings. The second kappa shape index (κ2) is 9.94. The summed E-state index contributed by atoms with van der Waals surface area (Å²) in [5.74, 6) is 0.772. The standard InChI is InChI=1S/C32H37NO7/c1-16(2)24-28-21(15-23(39-28)32(3,4)36)29(38-19-7-5-6-8-19)26-27(35)25-20(17-9-11-18(33-37)12-10-17)13-14-22(34)30(25)40-31(24)26/h9-14,16,19-20,22-23,33-34,36-37H,5-8,15H2,1-4H3/t20-,22+,23-/m0/s1. The topological polar surface area (TPSA) is 121 Å². The third-order valence-corrected chi connectivity index (χ3v) is 8.51. The van der Waals surface area contributed by atoms with Crippen LogP contribution in [0.5, 0.6) is 11.5 Å². The van der Waals surface area contributed by atoms with Crippen LogP contribution in [-0.4, -0.2) is 33.2 Å². The van der Waals surface area contributed by atoms with Gasteiger partial charge < -0.3 is 24.1 Å². The number of benzene rings is 2. The monoisotopic (exact) mass is 547 g/mol. The van der Waals surface area contributed by atoms with Gasteiger partial charge in [-0.2, -0.15) is 0 Å². The Kier molecular flexibility index (Phi) is 6.68. The lowest BCUT2D eigenvalue weighted by atomic mass is 9.83. The van der Waals surface area contributed by atoms with E-state index >= 15 is 0 Å². The van der Waals surface area contributed by atoms with Crippen molar-refractivity contribution in [3.63, 3.8) is 0 Å². The molecule has 2 heterocycles. The fourth-order valence-corrected chi connectivity index (χ4v) is 6.35. The Morgan fingerprint density at radius 2 is 1.80 bits per heavy atom. The van der Waals surface area contributed by atoms with Gasteiger partial charge in [-0.1, -0.05) is 38.1 Å². The molecular weight excluding hydrogens is 510 g/mol. The average Bonchev–Trinajstić information content (AvgIpc) is 3.59. The first-order valence-corrected chi connectivity index (χ1v) is 14.2. The average molecular weight is 548 g/mol. The van der Waals surface area contributed by atoms with E-state index in [1.54, 1.807) is 32.1 Å². The minimum absolute atomic E-state index is 0.0198. The summed E-state index contributed by atoms with van der Waals surface area (Å²) in [5, 5.41) is 31.5. The number of rotatable bonds is 6. The van der Waals surface area contributed by atoms with E-state index < -0.39 is 23.7 Å². The van der Waals surface area contributed by atoms with Gasteiger partial charge in [0, 0.05) is 23.5 Å². The van der Waals surface area contributed by atoms with Gasteiger partial charge in [0.2, 0.25) is 5.43 Å². The minimum atomic E-state index is -1.11. The molecule has 0 bridgehead atoms. The smallest absolute Gasteiger partial charge is 0.200 e. The molecule has 212 valence electrons. The van der Waals surface area contributed by atoms with Crippen molar-refractivity contribution in [2.24, 2.45) is 0 Å². The van der Waals surface area contributed by atoms with Gasteiger partial charge >= 0.3 is 0 Å². The predicted octanol–water partition coefficient (Wildman–Crippen LogP) is 5.85. The van der Waals surface area contributed by atoms with Gasteiger partial charge in [-0.05, 0) is 63.1 Å². The summed E-state index contributed by atoms with van der Waals surface area (Å²) >= 11 is 0. The lowest BCUT2D eigenvalue weighted by Crippen LogP contribution is -2.39. The highest BCUT2D eigenvalue weighted by Crippen LogP contribution is 2.50. The van der Waals surface area contributed by atoms with Crippen molar-refractivity contribution in [2.75, 3.05) is 5.48 Å². The van der Waals surface area contributed by atoms with Crippen LogP contribution in [0, 0.1) is 0 Å². The molecule has 40 heavy (non-hydrogen) atoms. The maximum absolute atomic E-state index is 14.6. The number of aliphatic hydroxyl groups excluding tert-OH is 1. The highest BCUT2D eigenvalue weighted by Gasteiger charge is 2.42. The fourth-order valence-electron chi connectivity index (χ4n) is 6.35. The summed E-state index contributed by atoms with van der Waals surface area (Å²) in [6, 6.07) is 7.11. The van der Waals surface area contributed by atoms with E-state index in [9.17, 15) is 20.2 Å². The Hall–Kier alpha value is -3.33. The highest BCUT2D eigenvalue weighted by molar-refractivity contribution is 5.92. The zero-order chi connectivity index (χ0) is 28.3. The number of anilines is 1. The molecule has 8 nitrogen and oxygen atoms in total. The lowest BCUT2D eigenvalue weighted by molar-refractivity contribution is -0.0233. The van der Waals surface area contributed by atoms with Crippen LogP contribution in [0.3, 0.4) is 0 Å². The Labute approximate surface area is 233 Å². The second-order valence-corrected chi connectivity index (χ2v) is 12.1. The SMILES string of the molecule is CC(C)c1c2c(c(OC3CCCC3)c3c(=O)c4c(oc13)[C@H](O)C=C[C@H]4c1ccc(NO)cc1)C[C@@H](C(C)(C)O)O2. The van der Waals surface area contributed by atoms with Crippen molar-refractivity contribution in [1.29, 1.82) is 0 Å². The van der Waals surface area contributed by atoms with E-state index in [1.165, 1.54) is 0 Å². The van der Waals surface area contributed by atoms with Crippen LogP contribution in [0.1, 0.15) is 99.3 Å². The van der Waals surface area contributed by atoms with E-state index in [1.807, 2.05) is 32.1 Å². The molecule has 0 amide bonds. The van der Waals surface area contributed by atoms with Gasteiger partial charge in [-0.3, -0.25) is 15.5 Å². The first-order chi connectivity index (χ1) is 19.1. The van der Waals surface area contributed by atoms with Crippen LogP contribution in [0.2, 0.25) is 0 Å². The van der Waals surface area contributed by atoms with Gasteiger partial charge in [0.05, 0.1) is 23.0 Å². The number of allylic oxidation sites excluding steroid dienone is 1. The summed E-state index contributed by atoms with van der Waals surface area (Å²) < 4.78 is 19.6. The molecule has 0 unspecified atom stereocenters. The summed E-state index contributed by atoms with van der Waals surface area (Å²) in [5.41, 5.74) is 4.41. The summed E-state index contributed by atoms with van der Waals surface area (Å²) in [6.45, 7) is 7.48. The first kappa shape index (κ1) is 26.9. The number of nitrogens with one attached hydrogen (secondary N) is 1. The fraction of sp³-hybridized carbons (Fsp3) is 0.469. The van der Waals surface area contributed by atoms with Gasteiger partial charge in [-0.25, -0.2) is 0 Å². The number of hydrogen-bond acceptors (Lipinski definition) is 8. The second-order valence-electron chi connectivity index (χ2n) is 12.1. The molecule has 6 rings (SSSR count). The molecule has 3 atom stereocenters. The van der Waals surface area contributed by atoms with E-state index in [0.29, 0.717) is 40.1 Å². The summed E-state index contributed by atoms with van der Waals surface area (Å²) in [6.07, 6.45) is 6.21. The van der Waals surface area contributed by atoms with E-state index in [0.717, 1.165) is 42.4 Å². The van der Waals surface area contributed by atoms with Gasteiger partial charge in [-0.15, -0.1) is 0 Å². The molecule has 3 aromatic rings. The Balaban J connectivity index is 1.65. The molecule has 2 aliphatic carbocycles. The Bertz CT molecular complexity index is 1520. The molecule has 0 spiro atoms. The van der Waals surface area contributed by atoms with Crippen LogP contribution >= 0.6 is 0 Å². The third kappa shape index (κ3) is 4.39. The van der Waals surface area contributed by atoms with Crippen molar-refractivity contribution < 1.29 is 29.3 Å². The molecule has 4 N–H and O–H groups in total. The normalized spacial score (nSPS) is 22.4. The number of ether oxygens (including phenoxy) is 2. The number of aliphatic hydroxyl groups is 2. The zero-order valence-electron chi connectivity index (χ0n) is 23.4. The van der Waals surface area contributed by atoms with Crippen LogP contribution in [0.15, 0.2) is 45.6 Å². The molecule has 8 heteroatoms. The van der Waals surface area contributed by atoms with Crippen molar-refractivity contribution in [2.45, 2.75) is 95.5 Å². The Morgan fingerprint density at radius 1 is 1.10 bits per heavy atom. The quantitative estimate of drug-likeness (QED) is 0.224. The van der Waals surface area contributed by atoms with Crippen LogP contribution in [-0.2, 0) is 6.42 Å². The molecule has 2 aromatic carbocycles. The van der Waals surface area contributed by atoms with E-state index in [4.69, 9.17) is 13.9 Å². The van der Waals surface area contributed by atoms with E-state index in [-0.39, 0.29) is 23.2 Å². The minimum Gasteiger partial charge on any atom is -0.489 e. The first-order valence-electron chi connectivity index (χ1n) is 14.2. The summed E-state index contributed by atoms with van der Waals surface area (Å²) in [4.78, 5) is 14.6. The van der Waals surface area contributed by atoms with Gasteiger partial charge in [0.25, 0.3) is 0 Å². The molecule has 0 saturated heterocycles. The molecule has 1 aromatic heterocycles. The molecule has 1 aliphatic heterocycles. The summed E-state index contributed by atoms with van der Waals surface area (Å²) in [7, 11) is 0. The predicted molar refractivity (Wildman–Crippen MR) is 152 cm³/mol. The number of hydrogen-bond donors (Lipinski definition) is 4. The maximum atomic E-state index is 14.6. The van der Waals surface area contributed by atoms with Crippen molar-refractivity contribution in [1.82, 2.24) is 0 Å². The number of fused-ring (bicyclic) bond motifs is 3. The van der Waals surface area contributed by atoms with Gasteiger partial charge in [0.1, 0.15) is 40.4 Å². The zero-order valence-corrected chi connectivity index (χ0v) is 23.4.